The van der Waals surface area contributed by atoms with Crippen molar-refractivity contribution in [1.29, 1.82) is 0 Å². The van der Waals surface area contributed by atoms with Crippen molar-refractivity contribution in [2.45, 2.75) is 51.7 Å². The van der Waals surface area contributed by atoms with Gasteiger partial charge in [0.15, 0.2) is 11.5 Å². The molecule has 0 saturated heterocycles. The van der Waals surface area contributed by atoms with Crippen molar-refractivity contribution in [2.75, 3.05) is 32.0 Å². The molecule has 0 bridgehead atoms. The van der Waals surface area contributed by atoms with Gasteiger partial charge in [0.1, 0.15) is 13.4 Å². The number of rotatable bonds is 12. The molecule has 0 atom stereocenters. The van der Waals surface area contributed by atoms with Crippen LogP contribution in [0.3, 0.4) is 0 Å². The van der Waals surface area contributed by atoms with Crippen molar-refractivity contribution in [2.24, 2.45) is 0 Å². The second-order valence-electron chi connectivity index (χ2n) is 11.2. The van der Waals surface area contributed by atoms with Crippen LogP contribution in [0.25, 0.3) is 5.69 Å². The van der Waals surface area contributed by atoms with E-state index < -0.39 is 13.7 Å². The van der Waals surface area contributed by atoms with Gasteiger partial charge in [-0.3, -0.25) is 4.79 Å². The Bertz CT molecular complexity index is 1270. The summed E-state index contributed by atoms with van der Waals surface area (Å²) in [4.78, 5) is 14.9. The van der Waals surface area contributed by atoms with Crippen LogP contribution >= 0.6 is 11.6 Å². The van der Waals surface area contributed by atoms with Crippen molar-refractivity contribution < 1.29 is 23.7 Å². The molecule has 38 heavy (non-hydrogen) atoms. The zero-order valence-corrected chi connectivity index (χ0v) is 24.7. The summed E-state index contributed by atoms with van der Waals surface area (Å²) in [5, 5.41) is 5.26. The number of anilines is 1. The lowest BCUT2D eigenvalue weighted by Crippen LogP contribution is -2.33. The fourth-order valence-corrected chi connectivity index (χ4v) is 4.76. The first kappa shape index (κ1) is 28.2. The molecule has 2 aromatic carbocycles. The van der Waals surface area contributed by atoms with Crippen LogP contribution in [-0.2, 0) is 16.0 Å². The van der Waals surface area contributed by atoms with Gasteiger partial charge in [-0.05, 0) is 56.3 Å². The molecule has 1 aromatic heterocycles. The van der Waals surface area contributed by atoms with E-state index in [0.717, 1.165) is 17.4 Å². The van der Waals surface area contributed by atoms with Gasteiger partial charge in [0, 0.05) is 37.7 Å². The number of benzene rings is 2. The van der Waals surface area contributed by atoms with E-state index in [4.69, 9.17) is 30.5 Å². The van der Waals surface area contributed by atoms with Gasteiger partial charge in [-0.1, -0.05) is 31.2 Å². The third-order valence-corrected chi connectivity index (χ3v) is 8.18. The van der Waals surface area contributed by atoms with E-state index >= 15 is 0 Å². The van der Waals surface area contributed by atoms with Crippen LogP contribution in [0.4, 0.5) is 5.69 Å². The number of ether oxygens (including phenoxy) is 4. The lowest BCUT2D eigenvalue weighted by atomic mass is 10.1. The quantitative estimate of drug-likeness (QED) is 0.150. The Morgan fingerprint density at radius 1 is 1.05 bits per heavy atom. The minimum atomic E-state index is -1.13. The summed E-state index contributed by atoms with van der Waals surface area (Å²) in [6, 6.07) is 13.9. The van der Waals surface area contributed by atoms with E-state index in [1.165, 1.54) is 0 Å². The monoisotopic (exact) mass is 557 g/mol. The zero-order valence-electron chi connectivity index (χ0n) is 22.9. The molecule has 204 valence electrons. The largest absolute Gasteiger partial charge is 0.493 e. The first-order valence-electron chi connectivity index (χ1n) is 12.6. The molecule has 0 saturated carbocycles. The van der Waals surface area contributed by atoms with E-state index in [-0.39, 0.29) is 12.7 Å². The van der Waals surface area contributed by atoms with Gasteiger partial charge >= 0.3 is 0 Å². The highest BCUT2D eigenvalue weighted by Gasteiger charge is 2.32. The Morgan fingerprint density at radius 3 is 2.42 bits per heavy atom. The number of aromatic nitrogens is 2. The molecule has 1 aliphatic rings. The van der Waals surface area contributed by atoms with Crippen LogP contribution in [0.1, 0.15) is 29.9 Å². The van der Waals surface area contributed by atoms with Crippen LogP contribution in [0, 0.1) is 0 Å². The van der Waals surface area contributed by atoms with Crippen LogP contribution in [0.2, 0.25) is 30.7 Å². The molecular weight excluding hydrogens is 522 g/mol. The van der Waals surface area contributed by atoms with E-state index in [0.29, 0.717) is 47.5 Å². The van der Waals surface area contributed by atoms with E-state index in [2.05, 4.69) is 24.7 Å². The second kappa shape index (κ2) is 11.5. The zero-order chi connectivity index (χ0) is 27.5. The molecule has 0 aliphatic carbocycles. The van der Waals surface area contributed by atoms with Gasteiger partial charge in [-0.25, -0.2) is 4.68 Å². The Balaban J connectivity index is 1.36. The van der Waals surface area contributed by atoms with Gasteiger partial charge in [0.2, 0.25) is 0 Å². The number of hydrogen-bond donors (Lipinski definition) is 0. The number of amides is 1. The van der Waals surface area contributed by atoms with Crippen molar-refractivity contribution in [3.63, 3.8) is 0 Å². The van der Waals surface area contributed by atoms with Crippen LogP contribution in [-0.4, -0.2) is 56.5 Å². The topological polar surface area (TPSA) is 75.1 Å². The molecular formula is C28H36ClN3O5Si. The van der Waals surface area contributed by atoms with Crippen LogP contribution in [0.15, 0.2) is 48.7 Å². The summed E-state index contributed by atoms with van der Waals surface area (Å²) in [6.45, 7) is 12.5. The van der Waals surface area contributed by atoms with Crippen molar-refractivity contribution in [3.05, 3.63) is 64.9 Å². The van der Waals surface area contributed by atoms with Crippen LogP contribution in [0.5, 0.6) is 11.5 Å². The second-order valence-corrected chi connectivity index (χ2v) is 17.2. The highest BCUT2D eigenvalue weighted by molar-refractivity contribution is 6.76. The molecule has 0 unspecified atom stereocenters. The van der Waals surface area contributed by atoms with Crippen LogP contribution < -0.4 is 14.4 Å². The number of hydrogen-bond acceptors (Lipinski definition) is 6. The van der Waals surface area contributed by atoms with Crippen molar-refractivity contribution >= 4 is 31.3 Å². The van der Waals surface area contributed by atoms with Crippen molar-refractivity contribution in [1.82, 2.24) is 9.78 Å². The molecule has 1 aliphatic heterocycles. The summed E-state index contributed by atoms with van der Waals surface area (Å²) >= 11 is 5.99. The molecule has 8 nitrogen and oxygen atoms in total. The first-order valence-corrected chi connectivity index (χ1v) is 16.7. The fraction of sp³-hybridized carbons (Fsp3) is 0.429. The fourth-order valence-electron chi connectivity index (χ4n) is 3.88. The summed E-state index contributed by atoms with van der Waals surface area (Å²) in [6.07, 6.45) is 1.76. The summed E-state index contributed by atoms with van der Waals surface area (Å²) in [5.41, 5.74) is 2.30. The standard InChI is InChI=1S/C28H36ClN3O5Si/c1-28(2,37-19-35-13-14-38(4,5)6)18-36-25-12-11-22(15-26(25)34-3)31-17-24-23(27(31)33)16-32(30-24)21-9-7-20(29)8-10-21/h7-12,15-16H,13-14,17-19H2,1-6H3. The number of nitrogens with zero attached hydrogens (tertiary/aromatic N) is 3. The first-order chi connectivity index (χ1) is 18.0. The predicted octanol–water partition coefficient (Wildman–Crippen LogP) is 6.18. The molecule has 3 aromatic rings. The lowest BCUT2D eigenvalue weighted by molar-refractivity contribution is -0.137. The smallest absolute Gasteiger partial charge is 0.262 e. The molecule has 4 rings (SSSR count). The maximum atomic E-state index is 13.2. The number of fused-ring (bicyclic) bond motifs is 1. The van der Waals surface area contributed by atoms with E-state index in [1.807, 2.05) is 38.1 Å². The number of carbonyl (C=O) groups excluding carboxylic acids is 1. The number of carbonyl (C=O) groups is 1. The third-order valence-electron chi connectivity index (χ3n) is 6.23. The SMILES string of the molecule is COc1cc(N2Cc3nn(-c4ccc(Cl)cc4)cc3C2=O)ccc1OCC(C)(C)OCOCC[Si](C)(C)C. The number of methoxy groups -OCH3 is 1. The Kier molecular flexibility index (Phi) is 8.51. The molecule has 10 heteroatoms. The molecule has 0 spiro atoms. The van der Waals surface area contributed by atoms with Gasteiger partial charge in [0.25, 0.3) is 5.91 Å². The molecule has 0 fully saturated rings. The molecule has 0 radical (unpaired) electrons. The minimum absolute atomic E-state index is 0.111. The summed E-state index contributed by atoms with van der Waals surface area (Å²) in [5.74, 6) is 0.998. The van der Waals surface area contributed by atoms with E-state index in [9.17, 15) is 4.79 Å². The average Bonchev–Trinajstić information content (AvgIpc) is 3.41. The van der Waals surface area contributed by atoms with Gasteiger partial charge in [0.05, 0.1) is 36.2 Å². The normalized spacial score (nSPS) is 13.7. The summed E-state index contributed by atoms with van der Waals surface area (Å²) < 4.78 is 24.9. The van der Waals surface area contributed by atoms with E-state index in [1.54, 1.807) is 41.1 Å². The Morgan fingerprint density at radius 2 is 1.76 bits per heavy atom. The molecule has 2 heterocycles. The molecule has 1 amide bonds. The number of halogens is 1. The third kappa shape index (κ3) is 6.96. The van der Waals surface area contributed by atoms with Gasteiger partial charge < -0.3 is 23.8 Å². The highest BCUT2D eigenvalue weighted by Crippen LogP contribution is 2.36. The molecule has 0 N–H and O–H groups in total. The highest BCUT2D eigenvalue weighted by atomic mass is 35.5. The maximum Gasteiger partial charge on any atom is 0.262 e. The summed E-state index contributed by atoms with van der Waals surface area (Å²) in [7, 11) is 0.453. The Labute approximate surface area is 230 Å². The minimum Gasteiger partial charge on any atom is -0.493 e. The lowest BCUT2D eigenvalue weighted by Gasteiger charge is -2.26. The van der Waals surface area contributed by atoms with Gasteiger partial charge in [-0.2, -0.15) is 5.10 Å². The average molecular weight is 558 g/mol. The van der Waals surface area contributed by atoms with Crippen molar-refractivity contribution in [3.8, 4) is 17.2 Å². The predicted molar refractivity (Wildman–Crippen MR) is 152 cm³/mol. The Hall–Kier alpha value is -2.85. The maximum absolute atomic E-state index is 13.2. The van der Waals surface area contributed by atoms with Gasteiger partial charge in [-0.15, -0.1) is 0 Å².